The maximum absolute atomic E-state index is 13.6. The highest BCUT2D eigenvalue weighted by Gasteiger charge is 2.32. The van der Waals surface area contributed by atoms with Crippen molar-refractivity contribution >= 4 is 27.5 Å². The molecule has 1 unspecified atom stereocenters. The van der Waals surface area contributed by atoms with E-state index in [4.69, 9.17) is 0 Å². The molecule has 2 rings (SSSR count). The number of nitrogens with zero attached hydrogens (tertiary/aromatic N) is 2. The van der Waals surface area contributed by atoms with E-state index in [-0.39, 0.29) is 19.0 Å². The summed E-state index contributed by atoms with van der Waals surface area (Å²) >= 11 is 0. The van der Waals surface area contributed by atoms with E-state index in [1.807, 2.05) is 70.2 Å². The number of carbonyl (C=O) groups excluding carboxylic acids is 2. The molecule has 0 saturated carbocycles. The maximum Gasteiger partial charge on any atom is 0.244 e. The average Bonchev–Trinajstić information content (AvgIpc) is 2.78. The van der Waals surface area contributed by atoms with Crippen LogP contribution in [0.4, 0.5) is 5.69 Å². The first kappa shape index (κ1) is 27.4. The lowest BCUT2D eigenvalue weighted by Crippen LogP contribution is -2.52. The molecule has 7 nitrogen and oxygen atoms in total. The average molecular weight is 488 g/mol. The Morgan fingerprint density at radius 2 is 1.71 bits per heavy atom. The molecule has 0 saturated heterocycles. The van der Waals surface area contributed by atoms with Crippen LogP contribution in [0.25, 0.3) is 0 Å². The smallest absolute Gasteiger partial charge is 0.244 e. The molecule has 2 aromatic carbocycles. The highest BCUT2D eigenvalue weighted by Crippen LogP contribution is 2.24. The molecule has 1 atom stereocenters. The summed E-state index contributed by atoms with van der Waals surface area (Å²) in [5, 5.41) is 2.92. The van der Waals surface area contributed by atoms with Gasteiger partial charge in [-0.2, -0.15) is 0 Å². The molecule has 0 aliphatic rings. The first-order valence-electron chi connectivity index (χ1n) is 11.7. The predicted molar refractivity (Wildman–Crippen MR) is 137 cm³/mol. The Hall–Kier alpha value is -2.87. The normalized spacial score (nSPS) is 12.1. The molecule has 2 amide bonds. The summed E-state index contributed by atoms with van der Waals surface area (Å²) in [7, 11) is -3.74. The highest BCUT2D eigenvalue weighted by atomic mass is 32.2. The first-order chi connectivity index (χ1) is 16.1. The second kappa shape index (κ2) is 12.6. The van der Waals surface area contributed by atoms with Crippen molar-refractivity contribution in [2.24, 2.45) is 0 Å². The number of sulfonamides is 1. The molecule has 0 spiro atoms. The van der Waals surface area contributed by atoms with E-state index in [0.717, 1.165) is 40.1 Å². The molecular formula is C26H37N3O4S. The Bertz CT molecular complexity index is 1070. The zero-order valence-electron chi connectivity index (χ0n) is 20.9. The van der Waals surface area contributed by atoms with Crippen molar-refractivity contribution in [3.05, 3.63) is 65.2 Å². The van der Waals surface area contributed by atoms with Gasteiger partial charge in [-0.05, 0) is 43.9 Å². The lowest BCUT2D eigenvalue weighted by Gasteiger charge is -2.33. The Balaban J connectivity index is 2.40. The van der Waals surface area contributed by atoms with Crippen molar-refractivity contribution in [1.82, 2.24) is 10.2 Å². The summed E-state index contributed by atoms with van der Waals surface area (Å²) in [6.07, 6.45) is 3.31. The molecule has 0 aromatic heterocycles. The van der Waals surface area contributed by atoms with E-state index in [9.17, 15) is 18.0 Å². The van der Waals surface area contributed by atoms with Crippen LogP contribution in [0.1, 0.15) is 49.8 Å². The van der Waals surface area contributed by atoms with Gasteiger partial charge in [-0.15, -0.1) is 0 Å². The van der Waals surface area contributed by atoms with E-state index >= 15 is 0 Å². The summed E-state index contributed by atoms with van der Waals surface area (Å²) in [6.45, 7) is 8.02. The van der Waals surface area contributed by atoms with Gasteiger partial charge in [0.1, 0.15) is 12.6 Å². The van der Waals surface area contributed by atoms with E-state index in [0.29, 0.717) is 18.7 Å². The topological polar surface area (TPSA) is 86.8 Å². The van der Waals surface area contributed by atoms with Crippen LogP contribution in [0.15, 0.2) is 48.5 Å². The van der Waals surface area contributed by atoms with Crippen molar-refractivity contribution in [2.45, 2.75) is 59.5 Å². The van der Waals surface area contributed by atoms with Gasteiger partial charge < -0.3 is 10.2 Å². The van der Waals surface area contributed by atoms with E-state index in [2.05, 4.69) is 5.32 Å². The molecule has 34 heavy (non-hydrogen) atoms. The van der Waals surface area contributed by atoms with Crippen LogP contribution in [-0.4, -0.2) is 50.5 Å². The van der Waals surface area contributed by atoms with Gasteiger partial charge in [-0.25, -0.2) is 8.42 Å². The van der Waals surface area contributed by atoms with E-state index in [1.165, 1.54) is 4.90 Å². The number of carbonyl (C=O) groups is 2. The van der Waals surface area contributed by atoms with Crippen LogP contribution in [0.5, 0.6) is 0 Å². The van der Waals surface area contributed by atoms with Crippen LogP contribution in [-0.2, 0) is 26.2 Å². The molecular weight excluding hydrogens is 450 g/mol. The zero-order valence-corrected chi connectivity index (χ0v) is 21.7. The quantitative estimate of drug-likeness (QED) is 0.462. The van der Waals surface area contributed by atoms with Crippen molar-refractivity contribution in [3.63, 3.8) is 0 Å². The number of unbranched alkanes of at least 4 members (excludes halogenated alkanes) is 1. The summed E-state index contributed by atoms with van der Waals surface area (Å²) in [5.74, 6) is -0.649. The van der Waals surface area contributed by atoms with Crippen molar-refractivity contribution < 1.29 is 18.0 Å². The van der Waals surface area contributed by atoms with Gasteiger partial charge in [-0.3, -0.25) is 13.9 Å². The monoisotopic (exact) mass is 487 g/mol. The summed E-state index contributed by atoms with van der Waals surface area (Å²) in [5.41, 5.74) is 3.09. The molecule has 0 aliphatic heterocycles. The Morgan fingerprint density at radius 3 is 2.26 bits per heavy atom. The van der Waals surface area contributed by atoms with Gasteiger partial charge in [0.2, 0.25) is 21.8 Å². The van der Waals surface area contributed by atoms with Gasteiger partial charge in [0, 0.05) is 13.1 Å². The highest BCUT2D eigenvalue weighted by molar-refractivity contribution is 7.92. The number of hydrogen-bond donors (Lipinski definition) is 1. The van der Waals surface area contributed by atoms with Crippen LogP contribution in [0, 0.1) is 13.8 Å². The largest absolute Gasteiger partial charge is 0.354 e. The molecule has 0 bridgehead atoms. The lowest BCUT2D eigenvalue weighted by molar-refractivity contribution is -0.140. The first-order valence-corrected chi connectivity index (χ1v) is 13.6. The standard InChI is InChI=1S/C26H37N3O4S/c1-6-8-16-27-26(31)23(7-2)28(18-22-12-10-9-11-13-22)25(30)19-29(34(5,32)33)24-15-14-20(3)17-21(24)4/h9-15,17,23H,6-8,16,18-19H2,1-5H3,(H,27,31). The number of nitrogens with one attached hydrogen (secondary N) is 1. The molecule has 1 N–H and O–H groups in total. The summed E-state index contributed by atoms with van der Waals surface area (Å²) in [6, 6.07) is 14.1. The minimum atomic E-state index is -3.74. The maximum atomic E-state index is 13.6. The minimum Gasteiger partial charge on any atom is -0.354 e. The molecule has 0 radical (unpaired) electrons. The van der Waals surface area contributed by atoms with E-state index in [1.54, 1.807) is 6.07 Å². The Labute approximate surface area is 204 Å². The minimum absolute atomic E-state index is 0.212. The fourth-order valence-corrected chi connectivity index (χ4v) is 4.79. The molecule has 186 valence electrons. The third kappa shape index (κ3) is 7.58. The van der Waals surface area contributed by atoms with Gasteiger partial charge >= 0.3 is 0 Å². The summed E-state index contributed by atoms with van der Waals surface area (Å²) in [4.78, 5) is 28.1. The lowest BCUT2D eigenvalue weighted by atomic mass is 10.1. The number of anilines is 1. The Morgan fingerprint density at radius 1 is 1.03 bits per heavy atom. The van der Waals surface area contributed by atoms with Crippen LogP contribution in [0.2, 0.25) is 0 Å². The van der Waals surface area contributed by atoms with Crippen molar-refractivity contribution in [3.8, 4) is 0 Å². The Kier molecular flexibility index (Phi) is 10.1. The zero-order chi connectivity index (χ0) is 25.3. The third-order valence-electron chi connectivity index (χ3n) is 5.71. The molecule has 2 aromatic rings. The predicted octanol–water partition coefficient (Wildman–Crippen LogP) is 3.79. The van der Waals surface area contributed by atoms with Crippen LogP contribution < -0.4 is 9.62 Å². The number of aryl methyl sites for hydroxylation is 2. The van der Waals surface area contributed by atoms with Crippen molar-refractivity contribution in [2.75, 3.05) is 23.7 Å². The number of rotatable bonds is 12. The fourth-order valence-electron chi connectivity index (χ4n) is 3.89. The van der Waals surface area contributed by atoms with Gasteiger partial charge in [-0.1, -0.05) is 68.3 Å². The third-order valence-corrected chi connectivity index (χ3v) is 6.84. The second-order valence-corrected chi connectivity index (χ2v) is 10.5. The molecule has 0 heterocycles. The van der Waals surface area contributed by atoms with E-state index < -0.39 is 22.0 Å². The van der Waals surface area contributed by atoms with Crippen LogP contribution in [0.3, 0.4) is 0 Å². The van der Waals surface area contributed by atoms with Gasteiger partial charge in [0.25, 0.3) is 0 Å². The summed E-state index contributed by atoms with van der Waals surface area (Å²) < 4.78 is 26.5. The van der Waals surface area contributed by atoms with Crippen molar-refractivity contribution in [1.29, 1.82) is 0 Å². The molecule has 8 heteroatoms. The number of benzene rings is 2. The van der Waals surface area contributed by atoms with Gasteiger partial charge in [0.15, 0.2) is 0 Å². The second-order valence-electron chi connectivity index (χ2n) is 8.64. The van der Waals surface area contributed by atoms with Gasteiger partial charge in [0.05, 0.1) is 11.9 Å². The fraction of sp³-hybridized carbons (Fsp3) is 0.462. The molecule has 0 aliphatic carbocycles. The van der Waals surface area contributed by atoms with Crippen LogP contribution >= 0.6 is 0 Å². The number of hydrogen-bond acceptors (Lipinski definition) is 4. The number of amides is 2. The SMILES string of the molecule is CCCCNC(=O)C(CC)N(Cc1ccccc1)C(=O)CN(c1ccc(C)cc1C)S(C)(=O)=O. The molecule has 0 fully saturated rings.